The summed E-state index contributed by atoms with van der Waals surface area (Å²) in [5, 5.41) is 15.7. The van der Waals surface area contributed by atoms with Crippen molar-refractivity contribution >= 4 is 33.4 Å². The number of nitrogens with zero attached hydrogens (tertiary/aromatic N) is 4. The van der Waals surface area contributed by atoms with Gasteiger partial charge in [0.15, 0.2) is 23.3 Å². The maximum Gasteiger partial charge on any atom is 0.252 e. The number of nitrogens with one attached hydrogen (secondary N) is 1. The highest BCUT2D eigenvalue weighted by atomic mass is 79.9. The minimum Gasteiger partial charge on any atom is -0.494 e. The Morgan fingerprint density at radius 1 is 1.07 bits per heavy atom. The van der Waals surface area contributed by atoms with Crippen LogP contribution in [-0.2, 0) is 22.5 Å². The van der Waals surface area contributed by atoms with Gasteiger partial charge in [-0.1, -0.05) is 69.6 Å². The molecule has 1 aliphatic rings. The van der Waals surface area contributed by atoms with Gasteiger partial charge >= 0.3 is 0 Å². The number of carbonyl (C=O) groups excluding carboxylic acids is 1. The van der Waals surface area contributed by atoms with Crippen LogP contribution in [0.2, 0.25) is 0 Å². The van der Waals surface area contributed by atoms with E-state index in [0.717, 1.165) is 12.1 Å². The Kier molecular flexibility index (Phi) is 10.1. The molecular formula is C33H28BrF2N5O4. The average molecular weight is 677 g/mol. The summed E-state index contributed by atoms with van der Waals surface area (Å²) in [7, 11) is 0. The summed E-state index contributed by atoms with van der Waals surface area (Å²) in [6.45, 7) is 0.259. The highest BCUT2D eigenvalue weighted by Gasteiger charge is 2.54. The Morgan fingerprint density at radius 2 is 1.82 bits per heavy atom. The lowest BCUT2D eigenvalue weighted by atomic mass is 9.81. The fraction of sp³-hybridized carbons (Fsp3) is 0.212. The van der Waals surface area contributed by atoms with Crippen LogP contribution in [0, 0.1) is 11.6 Å². The molecule has 0 aliphatic carbocycles. The summed E-state index contributed by atoms with van der Waals surface area (Å²) < 4.78 is 40.4. The van der Waals surface area contributed by atoms with E-state index in [4.69, 9.17) is 19.6 Å². The lowest BCUT2D eigenvalue weighted by Gasteiger charge is -2.31. The number of aliphatic imine (C=N–C) groups is 1. The zero-order valence-electron chi connectivity index (χ0n) is 23.9. The number of halogens is 3. The molecule has 4 aromatic carbocycles. The molecule has 12 heteroatoms. The molecule has 45 heavy (non-hydrogen) atoms. The number of amides is 1. The minimum absolute atomic E-state index is 0.0161. The molecule has 230 valence electrons. The van der Waals surface area contributed by atoms with Gasteiger partial charge in [0.05, 0.1) is 6.61 Å². The van der Waals surface area contributed by atoms with Gasteiger partial charge in [-0.3, -0.25) is 4.79 Å². The Bertz CT molecular complexity index is 1760. The molecule has 2 N–H and O–H groups in total. The van der Waals surface area contributed by atoms with Gasteiger partial charge in [0.2, 0.25) is 5.90 Å². The van der Waals surface area contributed by atoms with Crippen molar-refractivity contribution < 1.29 is 28.2 Å². The molecule has 0 spiro atoms. The van der Waals surface area contributed by atoms with Crippen LogP contribution in [0.5, 0.6) is 5.75 Å². The first-order chi connectivity index (χ1) is 21.8. The third-order valence-electron chi connectivity index (χ3n) is 7.26. The summed E-state index contributed by atoms with van der Waals surface area (Å²) in [5.74, 6) is -1.77. The van der Waals surface area contributed by atoms with Crippen molar-refractivity contribution in [2.75, 3.05) is 13.2 Å². The first-order valence-corrected chi connectivity index (χ1v) is 14.8. The zero-order valence-corrected chi connectivity index (χ0v) is 25.5. The van der Waals surface area contributed by atoms with Crippen molar-refractivity contribution in [1.29, 1.82) is 0 Å². The monoisotopic (exact) mass is 675 g/mol. The van der Waals surface area contributed by atoms with E-state index in [0.29, 0.717) is 51.2 Å². The normalized spacial score (nSPS) is 17.2. The second-order valence-electron chi connectivity index (χ2n) is 10.2. The SMILES string of the molecule is [N-]=[N+]=Nc1ccccc1C[C@@]1(C(=O)NCc2ccc(F)c(F)c2)N=C(c2ccc(OCCCO)cc2)O[C@@H]1c1ccccc1Br. The van der Waals surface area contributed by atoms with Crippen molar-refractivity contribution in [3.8, 4) is 5.75 Å². The van der Waals surface area contributed by atoms with Crippen molar-refractivity contribution in [1.82, 2.24) is 5.32 Å². The lowest BCUT2D eigenvalue weighted by molar-refractivity contribution is -0.129. The summed E-state index contributed by atoms with van der Waals surface area (Å²) >= 11 is 3.60. The zero-order chi connectivity index (χ0) is 31.8. The third kappa shape index (κ3) is 7.15. The van der Waals surface area contributed by atoms with E-state index in [9.17, 15) is 19.1 Å². The summed E-state index contributed by atoms with van der Waals surface area (Å²) in [6, 6.07) is 24.6. The second-order valence-corrected chi connectivity index (χ2v) is 11.1. The van der Waals surface area contributed by atoms with Crippen LogP contribution in [0.1, 0.15) is 34.8 Å². The Morgan fingerprint density at radius 3 is 2.56 bits per heavy atom. The first-order valence-electron chi connectivity index (χ1n) is 14.0. The molecule has 0 radical (unpaired) electrons. The molecule has 0 aromatic heterocycles. The minimum atomic E-state index is -1.63. The van der Waals surface area contributed by atoms with Crippen molar-refractivity contribution in [3.05, 3.63) is 140 Å². The number of hydrogen-bond donors (Lipinski definition) is 2. The van der Waals surface area contributed by atoms with E-state index in [1.807, 2.05) is 24.3 Å². The van der Waals surface area contributed by atoms with Crippen LogP contribution in [0.25, 0.3) is 10.4 Å². The molecule has 9 nitrogen and oxygen atoms in total. The number of aliphatic hydroxyl groups is 1. The van der Waals surface area contributed by atoms with E-state index >= 15 is 0 Å². The Hall–Kier alpha value is -4.77. The molecule has 0 unspecified atom stereocenters. The van der Waals surface area contributed by atoms with Crippen LogP contribution in [0.3, 0.4) is 0 Å². The molecule has 0 fully saturated rings. The highest BCUT2D eigenvalue weighted by molar-refractivity contribution is 9.10. The molecule has 0 bridgehead atoms. The van der Waals surface area contributed by atoms with Gasteiger partial charge in [-0.15, -0.1) is 0 Å². The van der Waals surface area contributed by atoms with Crippen molar-refractivity contribution in [3.63, 3.8) is 0 Å². The van der Waals surface area contributed by atoms with Crippen LogP contribution in [-0.4, -0.2) is 35.7 Å². The average Bonchev–Trinajstić information content (AvgIpc) is 3.43. The number of azide groups is 1. The van der Waals surface area contributed by atoms with E-state index < -0.39 is 29.2 Å². The summed E-state index contributed by atoms with van der Waals surface area (Å²) in [6.07, 6.45) is -0.485. The van der Waals surface area contributed by atoms with E-state index in [1.165, 1.54) is 6.07 Å². The van der Waals surface area contributed by atoms with Gasteiger partial charge in [-0.2, -0.15) is 0 Å². The number of rotatable bonds is 12. The summed E-state index contributed by atoms with van der Waals surface area (Å²) in [4.78, 5) is 22.3. The molecule has 4 aromatic rings. The van der Waals surface area contributed by atoms with E-state index in [-0.39, 0.29) is 25.5 Å². The largest absolute Gasteiger partial charge is 0.494 e. The van der Waals surface area contributed by atoms with Crippen LogP contribution in [0.15, 0.2) is 106 Å². The Balaban J connectivity index is 1.60. The molecule has 2 atom stereocenters. The summed E-state index contributed by atoms with van der Waals surface area (Å²) in [5.41, 5.74) is 10.0. The lowest BCUT2D eigenvalue weighted by Crippen LogP contribution is -2.49. The van der Waals surface area contributed by atoms with Crippen LogP contribution in [0.4, 0.5) is 14.5 Å². The van der Waals surface area contributed by atoms with Gasteiger partial charge in [0, 0.05) is 52.2 Å². The highest BCUT2D eigenvalue weighted by Crippen LogP contribution is 2.45. The van der Waals surface area contributed by atoms with Gasteiger partial charge in [0.25, 0.3) is 5.91 Å². The molecule has 0 saturated heterocycles. The quantitative estimate of drug-likeness (QED) is 0.0709. The maximum atomic E-state index is 14.4. The second kappa shape index (κ2) is 14.3. The predicted octanol–water partition coefficient (Wildman–Crippen LogP) is 7.25. The van der Waals surface area contributed by atoms with Gasteiger partial charge < -0.3 is 19.9 Å². The van der Waals surface area contributed by atoms with Crippen molar-refractivity contribution in [2.45, 2.75) is 31.0 Å². The number of aliphatic hydroxyl groups excluding tert-OH is 1. The van der Waals surface area contributed by atoms with Gasteiger partial charge in [-0.25, -0.2) is 13.8 Å². The third-order valence-corrected chi connectivity index (χ3v) is 7.98. The fourth-order valence-corrected chi connectivity index (χ4v) is 5.52. The molecule has 1 amide bonds. The van der Waals surface area contributed by atoms with Crippen LogP contribution >= 0.6 is 15.9 Å². The maximum absolute atomic E-state index is 14.4. The molecule has 0 saturated carbocycles. The van der Waals surface area contributed by atoms with E-state index in [2.05, 4.69) is 31.3 Å². The van der Waals surface area contributed by atoms with Gasteiger partial charge in [0.1, 0.15) is 5.75 Å². The number of carbonyl (C=O) groups is 1. The first kappa shape index (κ1) is 31.6. The Labute approximate surface area is 266 Å². The van der Waals surface area contributed by atoms with E-state index in [1.54, 1.807) is 48.5 Å². The predicted molar refractivity (Wildman–Crippen MR) is 168 cm³/mol. The smallest absolute Gasteiger partial charge is 0.252 e. The van der Waals surface area contributed by atoms with Crippen molar-refractivity contribution in [2.24, 2.45) is 10.1 Å². The molecule has 1 aliphatic heterocycles. The van der Waals surface area contributed by atoms with Crippen LogP contribution < -0.4 is 10.1 Å². The standard InChI is InChI=1S/C33H28BrF2N5O4/c34-26-8-3-2-7-25(26)30-33(19-23-6-1-4-9-29(23)40-41-37,32(43)38-20-21-10-15-27(35)28(36)18-21)39-31(45-30)22-11-13-24(14-12-22)44-17-5-16-42/h1-4,6-15,18,30,42H,5,16-17,19-20H2,(H,38,43)/t30-,33-/m1/s1. The van der Waals surface area contributed by atoms with Gasteiger partial charge in [-0.05, 0) is 59.1 Å². The molecule has 5 rings (SSSR count). The molecule has 1 heterocycles. The fourth-order valence-electron chi connectivity index (χ4n) is 5.03. The topological polar surface area (TPSA) is 129 Å². The number of hydrogen-bond acceptors (Lipinski definition) is 6. The number of ether oxygens (including phenoxy) is 2. The molecular weight excluding hydrogens is 648 g/mol. The number of benzene rings is 4.